The monoisotopic (exact) mass is 310 g/mol. The maximum absolute atomic E-state index is 13.6. The lowest BCUT2D eigenvalue weighted by Gasteiger charge is -2.14. The molecule has 0 amide bonds. The normalized spacial score (nSPS) is 11.6. The summed E-state index contributed by atoms with van der Waals surface area (Å²) in [5, 5.41) is 0. The van der Waals surface area contributed by atoms with Crippen molar-refractivity contribution < 1.29 is 35.5 Å². The quantitative estimate of drug-likeness (QED) is 0.439. The van der Waals surface area contributed by atoms with Crippen molar-refractivity contribution in [1.29, 1.82) is 0 Å². The molecule has 112 valence electrons. The number of ether oxygens (including phenoxy) is 1. The average Bonchev–Trinajstić information content (AvgIpc) is 2.36. The second-order valence-corrected chi connectivity index (χ2v) is 3.89. The molecular formula is C13H5F7O. The molecule has 1 nitrogen and oxygen atoms in total. The van der Waals surface area contributed by atoms with Gasteiger partial charge in [-0.25, -0.2) is 17.6 Å². The zero-order chi connectivity index (χ0) is 15.8. The Morgan fingerprint density at radius 2 is 1.43 bits per heavy atom. The third-order valence-corrected chi connectivity index (χ3v) is 2.50. The standard InChI is InChI=1S/C13H5F7O/c14-7-5-8(15)11(16)12(17)10(7)6-3-1-2-4-9(6)21-13(18,19)20/h1-5H. The number of rotatable bonds is 2. The highest BCUT2D eigenvalue weighted by Gasteiger charge is 2.33. The Balaban J connectivity index is 2.66. The Morgan fingerprint density at radius 1 is 0.810 bits per heavy atom. The lowest BCUT2D eigenvalue weighted by Crippen LogP contribution is -2.17. The predicted molar refractivity (Wildman–Crippen MR) is 58.4 cm³/mol. The van der Waals surface area contributed by atoms with E-state index in [4.69, 9.17) is 0 Å². The zero-order valence-corrected chi connectivity index (χ0v) is 9.94. The van der Waals surface area contributed by atoms with Crippen LogP contribution in [0.5, 0.6) is 5.75 Å². The van der Waals surface area contributed by atoms with E-state index < -0.39 is 46.5 Å². The smallest absolute Gasteiger partial charge is 0.405 e. The van der Waals surface area contributed by atoms with E-state index in [0.29, 0.717) is 0 Å². The Kier molecular flexibility index (Phi) is 3.80. The minimum atomic E-state index is -5.11. The molecule has 0 bridgehead atoms. The molecule has 0 radical (unpaired) electrons. The van der Waals surface area contributed by atoms with Gasteiger partial charge in [-0.1, -0.05) is 18.2 Å². The van der Waals surface area contributed by atoms with E-state index in [1.54, 1.807) is 0 Å². The molecule has 0 spiro atoms. The topological polar surface area (TPSA) is 9.23 Å². The molecule has 21 heavy (non-hydrogen) atoms. The first-order chi connectivity index (χ1) is 9.70. The highest BCUT2D eigenvalue weighted by atomic mass is 19.4. The van der Waals surface area contributed by atoms with Crippen LogP contribution in [0.3, 0.4) is 0 Å². The average molecular weight is 310 g/mol. The van der Waals surface area contributed by atoms with E-state index in [1.807, 2.05) is 0 Å². The van der Waals surface area contributed by atoms with Crippen molar-refractivity contribution in [3.05, 3.63) is 53.6 Å². The van der Waals surface area contributed by atoms with Gasteiger partial charge in [-0.2, -0.15) is 0 Å². The third-order valence-electron chi connectivity index (χ3n) is 2.50. The first-order valence-electron chi connectivity index (χ1n) is 5.39. The van der Waals surface area contributed by atoms with Crippen molar-refractivity contribution in [2.75, 3.05) is 0 Å². The van der Waals surface area contributed by atoms with Crippen LogP contribution in [0.2, 0.25) is 0 Å². The molecule has 8 heteroatoms. The Bertz CT molecular complexity index is 679. The van der Waals surface area contributed by atoms with Crippen LogP contribution < -0.4 is 4.74 Å². The van der Waals surface area contributed by atoms with Crippen molar-refractivity contribution in [3.8, 4) is 16.9 Å². The molecule has 0 aliphatic rings. The van der Waals surface area contributed by atoms with Crippen LogP contribution in [-0.2, 0) is 0 Å². The van der Waals surface area contributed by atoms with Crippen LogP contribution >= 0.6 is 0 Å². The van der Waals surface area contributed by atoms with Crippen molar-refractivity contribution in [2.45, 2.75) is 6.36 Å². The lowest BCUT2D eigenvalue weighted by atomic mass is 10.0. The molecule has 0 aliphatic carbocycles. The van der Waals surface area contributed by atoms with Crippen molar-refractivity contribution in [3.63, 3.8) is 0 Å². The lowest BCUT2D eigenvalue weighted by molar-refractivity contribution is -0.274. The summed E-state index contributed by atoms with van der Waals surface area (Å²) in [6, 6.07) is 4.01. The summed E-state index contributed by atoms with van der Waals surface area (Å²) in [7, 11) is 0. The summed E-state index contributed by atoms with van der Waals surface area (Å²) in [6.07, 6.45) is -5.11. The molecule has 0 aromatic heterocycles. The first-order valence-corrected chi connectivity index (χ1v) is 5.39. The van der Waals surface area contributed by atoms with Crippen LogP contribution in [0, 0.1) is 23.3 Å². The zero-order valence-electron chi connectivity index (χ0n) is 9.94. The predicted octanol–water partition coefficient (Wildman–Crippen LogP) is 4.81. The molecule has 2 aromatic carbocycles. The molecular weight excluding hydrogens is 305 g/mol. The Hall–Kier alpha value is -2.25. The summed E-state index contributed by atoms with van der Waals surface area (Å²) < 4.78 is 93.6. The van der Waals surface area contributed by atoms with Gasteiger partial charge in [0.25, 0.3) is 0 Å². The fourth-order valence-corrected chi connectivity index (χ4v) is 1.70. The molecule has 2 aromatic rings. The van der Waals surface area contributed by atoms with Gasteiger partial charge >= 0.3 is 6.36 Å². The van der Waals surface area contributed by atoms with E-state index in [1.165, 1.54) is 6.07 Å². The van der Waals surface area contributed by atoms with Gasteiger partial charge in [0.2, 0.25) is 0 Å². The van der Waals surface area contributed by atoms with E-state index >= 15 is 0 Å². The number of alkyl halides is 3. The van der Waals surface area contributed by atoms with Crippen LogP contribution in [0.15, 0.2) is 30.3 Å². The molecule has 0 atom stereocenters. The minimum Gasteiger partial charge on any atom is -0.405 e. The van der Waals surface area contributed by atoms with Gasteiger partial charge in [-0.3, -0.25) is 0 Å². The fourth-order valence-electron chi connectivity index (χ4n) is 1.70. The molecule has 0 unspecified atom stereocenters. The second kappa shape index (κ2) is 5.27. The first kappa shape index (κ1) is 15.1. The van der Waals surface area contributed by atoms with Gasteiger partial charge < -0.3 is 4.74 Å². The van der Waals surface area contributed by atoms with Gasteiger partial charge in [0, 0.05) is 11.6 Å². The summed E-state index contributed by atoms with van der Waals surface area (Å²) in [4.78, 5) is 0. The minimum absolute atomic E-state index is 0.0398. The van der Waals surface area contributed by atoms with E-state index in [2.05, 4.69) is 4.74 Å². The van der Waals surface area contributed by atoms with Crippen LogP contribution in [-0.4, -0.2) is 6.36 Å². The molecule has 0 saturated heterocycles. The summed E-state index contributed by atoms with van der Waals surface area (Å²) in [5.74, 6) is -8.21. The van der Waals surface area contributed by atoms with Gasteiger partial charge in [0.05, 0.1) is 5.56 Å². The maximum Gasteiger partial charge on any atom is 0.573 e. The molecule has 0 aliphatic heterocycles. The van der Waals surface area contributed by atoms with Gasteiger partial charge in [0.1, 0.15) is 11.6 Å². The summed E-state index contributed by atoms with van der Waals surface area (Å²) in [6.45, 7) is 0. The van der Waals surface area contributed by atoms with Crippen molar-refractivity contribution in [2.24, 2.45) is 0 Å². The maximum atomic E-state index is 13.6. The van der Waals surface area contributed by atoms with E-state index in [-0.39, 0.29) is 6.07 Å². The van der Waals surface area contributed by atoms with Crippen LogP contribution in [0.1, 0.15) is 0 Å². The van der Waals surface area contributed by atoms with Crippen LogP contribution in [0.25, 0.3) is 11.1 Å². The highest BCUT2D eigenvalue weighted by Crippen LogP contribution is 2.37. The third kappa shape index (κ3) is 3.09. The van der Waals surface area contributed by atoms with E-state index in [9.17, 15) is 30.7 Å². The van der Waals surface area contributed by atoms with Crippen molar-refractivity contribution >= 4 is 0 Å². The number of hydrogen-bond acceptors (Lipinski definition) is 1. The second-order valence-electron chi connectivity index (χ2n) is 3.89. The number of halogens is 7. The summed E-state index contributed by atoms with van der Waals surface area (Å²) >= 11 is 0. The molecule has 0 heterocycles. The van der Waals surface area contributed by atoms with Crippen molar-refractivity contribution in [1.82, 2.24) is 0 Å². The molecule has 0 N–H and O–H groups in total. The number of hydrogen-bond donors (Lipinski definition) is 0. The Labute approximate surface area is 113 Å². The largest absolute Gasteiger partial charge is 0.573 e. The number of benzene rings is 2. The fraction of sp³-hybridized carbons (Fsp3) is 0.0769. The number of para-hydroxylation sites is 1. The SMILES string of the molecule is Fc1cc(F)c(-c2ccccc2OC(F)(F)F)c(F)c1F. The Morgan fingerprint density at radius 3 is 2.05 bits per heavy atom. The molecule has 0 saturated carbocycles. The van der Waals surface area contributed by atoms with Crippen LogP contribution in [0.4, 0.5) is 30.7 Å². The van der Waals surface area contributed by atoms with Gasteiger partial charge in [-0.15, -0.1) is 13.2 Å². The van der Waals surface area contributed by atoms with E-state index in [0.717, 1.165) is 18.2 Å². The molecule has 0 fully saturated rings. The van der Waals surface area contributed by atoms with Gasteiger partial charge in [-0.05, 0) is 6.07 Å². The molecule has 2 rings (SSSR count). The van der Waals surface area contributed by atoms with Gasteiger partial charge in [0.15, 0.2) is 17.5 Å². The highest BCUT2D eigenvalue weighted by molar-refractivity contribution is 5.71. The summed E-state index contributed by atoms with van der Waals surface area (Å²) in [5.41, 5.74) is -1.84.